The van der Waals surface area contributed by atoms with Crippen LogP contribution in [0.1, 0.15) is 45.4 Å². The van der Waals surface area contributed by atoms with E-state index in [0.29, 0.717) is 11.7 Å². The van der Waals surface area contributed by atoms with Gasteiger partial charge in [-0.1, -0.05) is 13.3 Å². The zero-order chi connectivity index (χ0) is 13.0. The van der Waals surface area contributed by atoms with Gasteiger partial charge in [-0.25, -0.2) is 12.7 Å². The van der Waals surface area contributed by atoms with E-state index in [2.05, 4.69) is 5.32 Å². The van der Waals surface area contributed by atoms with Gasteiger partial charge in [-0.3, -0.25) is 0 Å². The molecule has 18 heavy (non-hydrogen) atoms. The summed E-state index contributed by atoms with van der Waals surface area (Å²) >= 11 is 0. The van der Waals surface area contributed by atoms with Crippen LogP contribution in [0.15, 0.2) is 0 Å². The molecule has 5 heteroatoms. The maximum absolute atomic E-state index is 12.0. The maximum Gasteiger partial charge on any atom is 0.214 e. The molecule has 0 aromatic carbocycles. The third-order valence-electron chi connectivity index (χ3n) is 4.00. The van der Waals surface area contributed by atoms with Crippen molar-refractivity contribution in [1.82, 2.24) is 9.62 Å². The fraction of sp³-hybridized carbons (Fsp3) is 1.00. The van der Waals surface area contributed by atoms with E-state index in [1.165, 1.54) is 12.8 Å². The Bertz CT molecular complexity index is 344. The first-order chi connectivity index (χ1) is 8.62. The van der Waals surface area contributed by atoms with Crippen molar-refractivity contribution in [2.75, 3.05) is 25.4 Å². The van der Waals surface area contributed by atoms with E-state index >= 15 is 0 Å². The Morgan fingerprint density at radius 2 is 1.83 bits per heavy atom. The molecule has 1 saturated heterocycles. The topological polar surface area (TPSA) is 49.4 Å². The number of nitrogens with one attached hydrogen (secondary N) is 1. The van der Waals surface area contributed by atoms with Gasteiger partial charge in [0.15, 0.2) is 0 Å². The number of nitrogens with zero attached hydrogens (tertiary/aromatic N) is 1. The molecule has 4 nitrogen and oxygen atoms in total. The molecule has 0 aromatic rings. The van der Waals surface area contributed by atoms with Crippen molar-refractivity contribution in [3.63, 3.8) is 0 Å². The lowest BCUT2D eigenvalue weighted by atomic mass is 9.98. The molecule has 0 atom stereocenters. The van der Waals surface area contributed by atoms with Gasteiger partial charge >= 0.3 is 0 Å². The molecule has 1 saturated carbocycles. The summed E-state index contributed by atoms with van der Waals surface area (Å²) in [4.78, 5) is 0. The lowest BCUT2D eigenvalue weighted by Crippen LogP contribution is -2.41. The number of sulfonamides is 1. The first kappa shape index (κ1) is 14.3. The number of piperidine rings is 1. The summed E-state index contributed by atoms with van der Waals surface area (Å²) in [6.07, 6.45) is 6.41. The Kier molecular flexibility index (Phi) is 5.04. The van der Waals surface area contributed by atoms with Crippen LogP contribution in [0.25, 0.3) is 0 Å². The van der Waals surface area contributed by atoms with Crippen LogP contribution in [0.3, 0.4) is 0 Å². The molecule has 0 bridgehead atoms. The van der Waals surface area contributed by atoms with Crippen LogP contribution < -0.4 is 5.32 Å². The monoisotopic (exact) mass is 274 g/mol. The summed E-state index contributed by atoms with van der Waals surface area (Å²) in [5.41, 5.74) is 0. The average Bonchev–Trinajstić information content (AvgIpc) is 3.18. The average molecular weight is 274 g/mol. The van der Waals surface area contributed by atoms with Crippen LogP contribution in [-0.2, 0) is 10.0 Å². The summed E-state index contributed by atoms with van der Waals surface area (Å²) < 4.78 is 25.8. The summed E-state index contributed by atoms with van der Waals surface area (Å²) in [6.45, 7) is 4.56. The number of hydrogen-bond acceptors (Lipinski definition) is 3. The highest BCUT2D eigenvalue weighted by molar-refractivity contribution is 7.89. The lowest BCUT2D eigenvalue weighted by Gasteiger charge is -2.31. The van der Waals surface area contributed by atoms with Crippen molar-refractivity contribution < 1.29 is 8.42 Å². The van der Waals surface area contributed by atoms with Gasteiger partial charge < -0.3 is 5.32 Å². The number of unbranched alkanes of at least 4 members (excludes halogenated alkanes) is 1. The zero-order valence-electron chi connectivity index (χ0n) is 11.4. The highest BCUT2D eigenvalue weighted by Gasteiger charge is 2.28. The number of rotatable bonds is 7. The van der Waals surface area contributed by atoms with Gasteiger partial charge in [-0.15, -0.1) is 0 Å². The zero-order valence-corrected chi connectivity index (χ0v) is 12.2. The van der Waals surface area contributed by atoms with Gasteiger partial charge in [0.25, 0.3) is 0 Å². The summed E-state index contributed by atoms with van der Waals surface area (Å²) in [7, 11) is -2.97. The van der Waals surface area contributed by atoms with Gasteiger partial charge in [0, 0.05) is 19.1 Å². The largest absolute Gasteiger partial charge is 0.314 e. The van der Waals surface area contributed by atoms with E-state index in [1.807, 2.05) is 6.92 Å². The molecule has 0 unspecified atom stereocenters. The minimum absolute atomic E-state index is 0.328. The minimum Gasteiger partial charge on any atom is -0.314 e. The predicted molar refractivity (Wildman–Crippen MR) is 74.0 cm³/mol. The third kappa shape index (κ3) is 4.21. The van der Waals surface area contributed by atoms with Gasteiger partial charge in [-0.05, 0) is 44.6 Å². The normalized spacial score (nSPS) is 23.4. The molecule has 2 rings (SSSR count). The molecule has 106 valence electrons. The number of hydrogen-bond donors (Lipinski definition) is 1. The molecule has 1 heterocycles. The van der Waals surface area contributed by atoms with Crippen molar-refractivity contribution in [1.29, 1.82) is 0 Å². The Morgan fingerprint density at radius 1 is 1.17 bits per heavy atom. The SMILES string of the molecule is CCCCS(=O)(=O)N1CCC(CNC2CC2)CC1. The standard InChI is InChI=1S/C13H26N2O2S/c1-2-3-10-18(16,17)15-8-6-12(7-9-15)11-14-13-4-5-13/h12-14H,2-11H2,1H3. The van der Waals surface area contributed by atoms with Gasteiger partial charge in [0.2, 0.25) is 10.0 Å². The van der Waals surface area contributed by atoms with Crippen LogP contribution in [0.5, 0.6) is 0 Å². The molecule has 0 aromatic heterocycles. The molecular formula is C13H26N2O2S. The van der Waals surface area contributed by atoms with E-state index in [1.54, 1.807) is 4.31 Å². The van der Waals surface area contributed by atoms with Gasteiger partial charge in [0.05, 0.1) is 5.75 Å². The Labute approximate surface area is 111 Å². The Morgan fingerprint density at radius 3 is 2.39 bits per heavy atom. The molecule has 1 aliphatic carbocycles. The third-order valence-corrected chi connectivity index (χ3v) is 5.95. The van der Waals surface area contributed by atoms with E-state index < -0.39 is 10.0 Å². The Hall–Kier alpha value is -0.130. The van der Waals surface area contributed by atoms with E-state index in [9.17, 15) is 8.42 Å². The van der Waals surface area contributed by atoms with Crippen LogP contribution in [0, 0.1) is 5.92 Å². The van der Waals surface area contributed by atoms with E-state index in [0.717, 1.165) is 51.4 Å². The van der Waals surface area contributed by atoms with E-state index in [4.69, 9.17) is 0 Å². The molecule has 1 N–H and O–H groups in total. The van der Waals surface area contributed by atoms with Crippen molar-refractivity contribution in [3.05, 3.63) is 0 Å². The van der Waals surface area contributed by atoms with Gasteiger partial charge in [-0.2, -0.15) is 0 Å². The van der Waals surface area contributed by atoms with Crippen molar-refractivity contribution in [2.24, 2.45) is 5.92 Å². The van der Waals surface area contributed by atoms with E-state index in [-0.39, 0.29) is 0 Å². The second-order valence-electron chi connectivity index (χ2n) is 5.69. The lowest BCUT2D eigenvalue weighted by molar-refractivity contribution is 0.267. The molecule has 0 spiro atoms. The second kappa shape index (κ2) is 6.35. The van der Waals surface area contributed by atoms with Crippen LogP contribution in [-0.4, -0.2) is 44.2 Å². The molecule has 2 aliphatic rings. The molecular weight excluding hydrogens is 248 g/mol. The summed E-state index contributed by atoms with van der Waals surface area (Å²) in [6, 6.07) is 0.760. The molecule has 1 aliphatic heterocycles. The summed E-state index contributed by atoms with van der Waals surface area (Å²) in [5, 5.41) is 3.55. The van der Waals surface area contributed by atoms with Crippen molar-refractivity contribution in [3.8, 4) is 0 Å². The second-order valence-corrected chi connectivity index (χ2v) is 7.78. The van der Waals surface area contributed by atoms with Crippen LogP contribution in [0.4, 0.5) is 0 Å². The fourth-order valence-electron chi connectivity index (χ4n) is 2.47. The first-order valence-corrected chi connectivity index (χ1v) is 8.94. The minimum atomic E-state index is -2.97. The van der Waals surface area contributed by atoms with Crippen molar-refractivity contribution >= 4 is 10.0 Å². The fourth-order valence-corrected chi connectivity index (χ4v) is 4.15. The predicted octanol–water partition coefficient (Wildman–Crippen LogP) is 1.58. The highest BCUT2D eigenvalue weighted by Crippen LogP contribution is 2.23. The van der Waals surface area contributed by atoms with Crippen LogP contribution in [0.2, 0.25) is 0 Å². The molecule has 2 fully saturated rings. The highest BCUT2D eigenvalue weighted by atomic mass is 32.2. The maximum atomic E-state index is 12.0. The quantitative estimate of drug-likeness (QED) is 0.767. The van der Waals surface area contributed by atoms with Crippen molar-refractivity contribution in [2.45, 2.75) is 51.5 Å². The Balaban J connectivity index is 1.71. The first-order valence-electron chi connectivity index (χ1n) is 7.33. The van der Waals surface area contributed by atoms with Crippen LogP contribution >= 0.6 is 0 Å². The summed E-state index contributed by atoms with van der Waals surface area (Å²) in [5.74, 6) is 0.998. The smallest absolute Gasteiger partial charge is 0.214 e. The molecule has 0 radical (unpaired) electrons. The molecule has 0 amide bonds. The van der Waals surface area contributed by atoms with Gasteiger partial charge in [0.1, 0.15) is 0 Å².